The van der Waals surface area contributed by atoms with Crippen LogP contribution in [0.1, 0.15) is 140 Å². The Labute approximate surface area is 333 Å². The van der Waals surface area contributed by atoms with Crippen molar-refractivity contribution in [1.82, 2.24) is 10.2 Å². The Morgan fingerprint density at radius 2 is 1.49 bits per heavy atom. The van der Waals surface area contributed by atoms with Gasteiger partial charge in [-0.1, -0.05) is 62.3 Å². The van der Waals surface area contributed by atoms with E-state index in [9.17, 15) is 28.2 Å². The molecule has 7 fully saturated rings. The Morgan fingerprint density at radius 1 is 0.818 bits per heavy atom. The van der Waals surface area contributed by atoms with Crippen LogP contribution in [0.5, 0.6) is 0 Å². The van der Waals surface area contributed by atoms with Crippen LogP contribution >= 0.6 is 0 Å². The number of aliphatic hydroxyl groups is 1. The van der Waals surface area contributed by atoms with Gasteiger partial charge in [-0.05, 0) is 134 Å². The van der Waals surface area contributed by atoms with Crippen molar-refractivity contribution in [3.63, 3.8) is 0 Å². The van der Waals surface area contributed by atoms with Gasteiger partial charge in [0.2, 0.25) is 0 Å². The molecular weight excluding hydrogens is 713 g/mol. The number of rotatable bonds is 10. The second-order valence-electron chi connectivity index (χ2n) is 22.5. The van der Waals surface area contributed by atoms with Crippen LogP contribution in [-0.4, -0.2) is 90.4 Å². The fraction of sp³-hybridized carbons (Fsp3) is 0.956. The maximum atomic E-state index is 13.6. The number of carboxylic acids is 1. The summed E-state index contributed by atoms with van der Waals surface area (Å²) >= 11 is 0. The lowest BCUT2D eigenvalue weighted by atomic mass is 9.32. The van der Waals surface area contributed by atoms with Gasteiger partial charge in [-0.3, -0.25) is 14.5 Å². The summed E-state index contributed by atoms with van der Waals surface area (Å²) in [5.41, 5.74) is 0.128. The first-order chi connectivity index (χ1) is 25.5. The standard InChI is InChI=1S/C45H76N2O7S/c1-27(2)29-13-18-45(46-26-32(28(3)48)47-21-23-55(52,53)24-22-47)20-19-43(9)30(37(29)45)11-12-34-42(8)16-15-35(41(6,7)33(42)14-17-44(34,43)10)54-39(51)38-31(25-36(49)50)40(38,4)5/h27-35,37-38,46,48H,11-26H2,1-10H3,(H,49,50)/t28?,29-,30+,31+,32?,33-,34+,35-,37+,38+,42-,43+,44+,45-/m0/s1. The third-order valence-electron chi connectivity index (χ3n) is 19.3. The number of fused-ring (bicyclic) bond motifs is 7. The fourth-order valence-electron chi connectivity index (χ4n) is 15.9. The van der Waals surface area contributed by atoms with Crippen molar-refractivity contribution in [3.8, 4) is 0 Å². The molecule has 0 bridgehead atoms. The van der Waals surface area contributed by atoms with Crippen molar-refractivity contribution in [2.24, 2.45) is 74.4 Å². The highest BCUT2D eigenvalue weighted by atomic mass is 32.2. The smallest absolute Gasteiger partial charge is 0.310 e. The van der Waals surface area contributed by atoms with E-state index in [0.717, 1.165) is 25.7 Å². The number of hydrogen-bond donors (Lipinski definition) is 3. The van der Waals surface area contributed by atoms with Crippen LogP contribution in [0, 0.1) is 74.4 Å². The average molecular weight is 789 g/mol. The SMILES string of the molecule is CC(O)C(CN[C@]12CC[C@@H](C(C)C)[C@@H]1[C@H]1CC[C@@H]3[C@@]4(C)CC[C@H](OC(=O)[C@H]5[C@@H](CC(=O)O)C5(C)C)C(C)(C)[C@@H]4CC[C@@]3(C)[C@]1(C)CC2)N1CCS(=O)(=O)CC1. The van der Waals surface area contributed by atoms with Crippen molar-refractivity contribution in [2.45, 2.75) is 164 Å². The molecule has 0 aromatic carbocycles. The second kappa shape index (κ2) is 13.9. The van der Waals surface area contributed by atoms with Crippen LogP contribution in [0.4, 0.5) is 0 Å². The van der Waals surface area contributed by atoms with Crippen LogP contribution in [0.25, 0.3) is 0 Å². The van der Waals surface area contributed by atoms with Gasteiger partial charge in [0.05, 0.1) is 23.5 Å². The lowest BCUT2D eigenvalue weighted by Gasteiger charge is -2.73. The first kappa shape index (κ1) is 41.9. The molecule has 6 saturated carbocycles. The normalized spacial score (nSPS) is 46.7. The van der Waals surface area contributed by atoms with E-state index in [2.05, 4.69) is 58.7 Å². The minimum absolute atomic E-state index is 0.0206. The van der Waals surface area contributed by atoms with Gasteiger partial charge in [-0.25, -0.2) is 8.42 Å². The molecule has 1 heterocycles. The summed E-state index contributed by atoms with van der Waals surface area (Å²) in [5.74, 6) is 2.35. The number of nitrogens with zero attached hydrogens (tertiary/aromatic N) is 1. The molecule has 14 atom stereocenters. The molecule has 6 aliphatic carbocycles. The van der Waals surface area contributed by atoms with Crippen LogP contribution in [0.2, 0.25) is 0 Å². The summed E-state index contributed by atoms with van der Waals surface area (Å²) in [7, 11) is -2.99. The molecule has 2 unspecified atom stereocenters. The topological polar surface area (TPSA) is 133 Å². The first-order valence-corrected chi connectivity index (χ1v) is 24.1. The van der Waals surface area contributed by atoms with E-state index in [4.69, 9.17) is 4.74 Å². The molecular formula is C45H76N2O7S. The highest BCUT2D eigenvalue weighted by molar-refractivity contribution is 7.91. The number of sulfone groups is 1. The van der Waals surface area contributed by atoms with E-state index in [1.165, 1.54) is 38.5 Å². The van der Waals surface area contributed by atoms with Gasteiger partial charge in [0.1, 0.15) is 6.10 Å². The molecule has 7 rings (SSSR count). The van der Waals surface area contributed by atoms with Crippen molar-refractivity contribution in [1.29, 1.82) is 0 Å². The van der Waals surface area contributed by atoms with Crippen molar-refractivity contribution in [3.05, 3.63) is 0 Å². The number of nitrogens with one attached hydrogen (secondary N) is 1. The predicted molar refractivity (Wildman–Crippen MR) is 216 cm³/mol. The molecule has 3 N–H and O–H groups in total. The third-order valence-corrected chi connectivity index (χ3v) is 20.9. The molecule has 0 spiro atoms. The van der Waals surface area contributed by atoms with Crippen molar-refractivity contribution >= 4 is 21.8 Å². The Kier molecular flexibility index (Phi) is 10.6. The molecule has 0 aromatic rings. The summed E-state index contributed by atoms with van der Waals surface area (Å²) in [5, 5.41) is 24.7. The number of carbonyl (C=O) groups is 2. The number of carboxylic acid groups (broad SMARTS) is 1. The number of carbonyl (C=O) groups excluding carboxylic acids is 1. The number of hydrogen-bond acceptors (Lipinski definition) is 8. The molecule has 0 radical (unpaired) electrons. The maximum absolute atomic E-state index is 13.6. The van der Waals surface area contributed by atoms with Gasteiger partial charge in [0.15, 0.2) is 9.84 Å². The van der Waals surface area contributed by atoms with E-state index in [-0.39, 0.29) is 80.5 Å². The fourth-order valence-corrected chi connectivity index (χ4v) is 17.1. The summed E-state index contributed by atoms with van der Waals surface area (Å²) in [6, 6.07) is -0.0971. The van der Waals surface area contributed by atoms with E-state index in [0.29, 0.717) is 55.1 Å². The Bertz CT molecular complexity index is 1600. The largest absolute Gasteiger partial charge is 0.481 e. The van der Waals surface area contributed by atoms with Crippen LogP contribution in [0.15, 0.2) is 0 Å². The number of aliphatic hydroxyl groups excluding tert-OH is 1. The predicted octanol–water partition coefficient (Wildman–Crippen LogP) is 7.20. The van der Waals surface area contributed by atoms with Crippen LogP contribution < -0.4 is 5.32 Å². The Morgan fingerprint density at radius 3 is 2.11 bits per heavy atom. The maximum Gasteiger partial charge on any atom is 0.310 e. The minimum atomic E-state index is -2.99. The highest BCUT2D eigenvalue weighted by Gasteiger charge is 2.71. The summed E-state index contributed by atoms with van der Waals surface area (Å²) < 4.78 is 31.0. The summed E-state index contributed by atoms with van der Waals surface area (Å²) in [4.78, 5) is 27.4. The highest BCUT2D eigenvalue weighted by Crippen LogP contribution is 2.76. The number of esters is 1. The van der Waals surface area contributed by atoms with Gasteiger partial charge in [0, 0.05) is 43.1 Å². The second-order valence-corrected chi connectivity index (χ2v) is 24.8. The van der Waals surface area contributed by atoms with E-state index in [1.807, 2.05) is 20.8 Å². The van der Waals surface area contributed by atoms with Gasteiger partial charge < -0.3 is 20.3 Å². The first-order valence-electron chi connectivity index (χ1n) is 22.2. The van der Waals surface area contributed by atoms with Gasteiger partial charge in [-0.2, -0.15) is 0 Å². The molecule has 9 nitrogen and oxygen atoms in total. The zero-order valence-corrected chi connectivity index (χ0v) is 36.8. The number of aliphatic carboxylic acids is 1. The molecule has 55 heavy (non-hydrogen) atoms. The third kappa shape index (κ3) is 6.58. The average Bonchev–Trinajstić information content (AvgIpc) is 3.40. The molecule has 0 amide bonds. The molecule has 314 valence electrons. The van der Waals surface area contributed by atoms with Gasteiger partial charge >= 0.3 is 11.9 Å². The zero-order valence-electron chi connectivity index (χ0n) is 36.0. The monoisotopic (exact) mass is 789 g/mol. The molecule has 1 aliphatic heterocycles. The Hall–Kier alpha value is -1.23. The molecule has 10 heteroatoms. The van der Waals surface area contributed by atoms with Gasteiger partial charge in [0.25, 0.3) is 0 Å². The van der Waals surface area contributed by atoms with E-state index in [1.54, 1.807) is 0 Å². The van der Waals surface area contributed by atoms with E-state index < -0.39 is 21.9 Å². The van der Waals surface area contributed by atoms with Crippen molar-refractivity contribution < 1.29 is 33.0 Å². The molecule has 0 aromatic heterocycles. The zero-order chi connectivity index (χ0) is 40.3. The number of ether oxygens (including phenoxy) is 1. The quantitative estimate of drug-likeness (QED) is 0.197. The minimum Gasteiger partial charge on any atom is -0.481 e. The van der Waals surface area contributed by atoms with E-state index >= 15 is 0 Å². The van der Waals surface area contributed by atoms with Crippen molar-refractivity contribution in [2.75, 3.05) is 31.1 Å². The Balaban J connectivity index is 1.10. The van der Waals surface area contributed by atoms with Crippen LogP contribution in [-0.2, 0) is 24.2 Å². The van der Waals surface area contributed by atoms with Crippen LogP contribution in [0.3, 0.4) is 0 Å². The molecule has 1 saturated heterocycles. The summed E-state index contributed by atoms with van der Waals surface area (Å²) in [6.45, 7) is 25.1. The van der Waals surface area contributed by atoms with Gasteiger partial charge in [-0.15, -0.1) is 0 Å². The summed E-state index contributed by atoms with van der Waals surface area (Å²) in [6.07, 6.45) is 10.9. The lowest BCUT2D eigenvalue weighted by Crippen LogP contribution is -2.69. The lowest BCUT2D eigenvalue weighted by molar-refractivity contribution is -0.248. The molecule has 7 aliphatic rings.